The molecule has 3 rings (SSSR count). The molecule has 0 spiro atoms. The highest BCUT2D eigenvalue weighted by atomic mass is 32.2. The average molecular weight is 384 g/mol. The summed E-state index contributed by atoms with van der Waals surface area (Å²) in [5.41, 5.74) is 4.09. The maximum absolute atomic E-state index is 13.2. The standard InChI is InChI=1S/C22H25NO3S/c1-4-27(25,26)14-13-15(2)18-11-8-12-19-21(18)20(16(3)23-19)22(24)17-9-6-5-7-10-17/h5-12,15,23H,4,13-14H2,1-3H3. The molecule has 0 aliphatic heterocycles. The van der Waals surface area contributed by atoms with Crippen molar-refractivity contribution in [1.82, 2.24) is 4.98 Å². The van der Waals surface area contributed by atoms with Crippen LogP contribution in [-0.4, -0.2) is 30.7 Å². The quantitative estimate of drug-likeness (QED) is 0.605. The molecule has 2 aromatic carbocycles. The third-order valence-electron chi connectivity index (χ3n) is 5.14. The van der Waals surface area contributed by atoms with E-state index >= 15 is 0 Å². The van der Waals surface area contributed by atoms with Gasteiger partial charge in [-0.3, -0.25) is 4.79 Å². The van der Waals surface area contributed by atoms with E-state index in [9.17, 15) is 13.2 Å². The zero-order chi connectivity index (χ0) is 19.6. The van der Waals surface area contributed by atoms with Crippen molar-refractivity contribution in [2.24, 2.45) is 0 Å². The molecule has 0 radical (unpaired) electrons. The molecule has 142 valence electrons. The van der Waals surface area contributed by atoms with Gasteiger partial charge < -0.3 is 4.98 Å². The fourth-order valence-electron chi connectivity index (χ4n) is 3.49. The number of benzene rings is 2. The summed E-state index contributed by atoms with van der Waals surface area (Å²) in [6.07, 6.45) is 0.540. The lowest BCUT2D eigenvalue weighted by molar-refractivity contribution is 0.103. The van der Waals surface area contributed by atoms with E-state index < -0.39 is 9.84 Å². The second-order valence-corrected chi connectivity index (χ2v) is 9.49. The van der Waals surface area contributed by atoms with Gasteiger partial charge in [0.25, 0.3) is 0 Å². The summed E-state index contributed by atoms with van der Waals surface area (Å²) in [6.45, 7) is 5.61. The first kappa shape index (κ1) is 19.4. The van der Waals surface area contributed by atoms with E-state index in [4.69, 9.17) is 0 Å². The Balaban J connectivity index is 2.06. The molecule has 1 aromatic heterocycles. The summed E-state index contributed by atoms with van der Waals surface area (Å²) in [4.78, 5) is 16.5. The minimum Gasteiger partial charge on any atom is -0.358 e. The molecule has 0 saturated heterocycles. The molecule has 4 nitrogen and oxygen atoms in total. The van der Waals surface area contributed by atoms with E-state index in [0.717, 1.165) is 22.2 Å². The smallest absolute Gasteiger partial charge is 0.195 e. The summed E-state index contributed by atoms with van der Waals surface area (Å²) >= 11 is 0. The molecule has 0 saturated carbocycles. The van der Waals surface area contributed by atoms with E-state index in [1.54, 1.807) is 6.92 Å². The van der Waals surface area contributed by atoms with Crippen LogP contribution in [0.4, 0.5) is 0 Å². The number of hydrogen-bond acceptors (Lipinski definition) is 3. The second-order valence-electron chi connectivity index (χ2n) is 7.02. The Morgan fingerprint density at radius 3 is 2.44 bits per heavy atom. The molecule has 3 aromatic rings. The molecule has 0 fully saturated rings. The Bertz CT molecular complexity index is 1070. The molecular formula is C22H25NO3S. The highest BCUT2D eigenvalue weighted by Crippen LogP contribution is 2.33. The predicted octanol–water partition coefficient (Wildman–Crippen LogP) is 4.64. The van der Waals surface area contributed by atoms with E-state index in [2.05, 4.69) is 4.98 Å². The lowest BCUT2D eigenvalue weighted by Crippen LogP contribution is -2.11. The van der Waals surface area contributed by atoms with Gasteiger partial charge in [0.1, 0.15) is 9.84 Å². The topological polar surface area (TPSA) is 67.0 Å². The van der Waals surface area contributed by atoms with Gasteiger partial charge in [-0.25, -0.2) is 8.42 Å². The SMILES string of the molecule is CCS(=O)(=O)CCC(C)c1cccc2[nH]c(C)c(C(=O)c3ccccc3)c12. The van der Waals surface area contributed by atoms with Crippen molar-refractivity contribution in [1.29, 1.82) is 0 Å². The third-order valence-corrected chi connectivity index (χ3v) is 6.88. The predicted molar refractivity (Wildman–Crippen MR) is 110 cm³/mol. The maximum Gasteiger partial charge on any atom is 0.195 e. The Morgan fingerprint density at radius 2 is 1.78 bits per heavy atom. The normalized spacial score (nSPS) is 13.0. The van der Waals surface area contributed by atoms with Gasteiger partial charge in [0, 0.05) is 27.9 Å². The van der Waals surface area contributed by atoms with Gasteiger partial charge in [0.15, 0.2) is 5.78 Å². The average Bonchev–Trinajstić information content (AvgIpc) is 3.02. The Hall–Kier alpha value is -2.40. The number of carbonyl (C=O) groups excluding carboxylic acids is 1. The lowest BCUT2D eigenvalue weighted by Gasteiger charge is -2.14. The van der Waals surface area contributed by atoms with Crippen molar-refractivity contribution in [3.05, 3.63) is 70.9 Å². The van der Waals surface area contributed by atoms with Gasteiger partial charge in [-0.1, -0.05) is 56.3 Å². The van der Waals surface area contributed by atoms with Crippen molar-refractivity contribution in [3.63, 3.8) is 0 Å². The highest BCUT2D eigenvalue weighted by molar-refractivity contribution is 7.91. The van der Waals surface area contributed by atoms with Crippen LogP contribution in [0.25, 0.3) is 10.9 Å². The fourth-order valence-corrected chi connectivity index (χ4v) is 4.49. The summed E-state index contributed by atoms with van der Waals surface area (Å²) in [5.74, 6) is 0.338. The van der Waals surface area contributed by atoms with Gasteiger partial charge in [-0.15, -0.1) is 0 Å². The number of carbonyl (C=O) groups is 1. The highest BCUT2D eigenvalue weighted by Gasteiger charge is 2.22. The van der Waals surface area contributed by atoms with Gasteiger partial charge in [0.2, 0.25) is 0 Å². The maximum atomic E-state index is 13.2. The Morgan fingerprint density at radius 1 is 1.07 bits per heavy atom. The first-order valence-electron chi connectivity index (χ1n) is 9.25. The first-order valence-corrected chi connectivity index (χ1v) is 11.1. The van der Waals surface area contributed by atoms with E-state index in [1.165, 1.54) is 0 Å². The van der Waals surface area contributed by atoms with Crippen molar-refractivity contribution in [2.75, 3.05) is 11.5 Å². The van der Waals surface area contributed by atoms with Crippen LogP contribution in [0.3, 0.4) is 0 Å². The molecule has 5 heteroatoms. The molecule has 1 unspecified atom stereocenters. The van der Waals surface area contributed by atoms with Crippen LogP contribution in [0.5, 0.6) is 0 Å². The van der Waals surface area contributed by atoms with Crippen LogP contribution >= 0.6 is 0 Å². The number of hydrogen-bond donors (Lipinski definition) is 1. The summed E-state index contributed by atoms with van der Waals surface area (Å²) < 4.78 is 23.8. The minimum absolute atomic E-state index is 0.0137. The molecule has 1 heterocycles. The molecule has 0 bridgehead atoms. The number of sulfone groups is 1. The number of H-pyrrole nitrogens is 1. The Kier molecular flexibility index (Phi) is 5.51. The zero-order valence-corrected chi connectivity index (χ0v) is 16.8. The number of aromatic nitrogens is 1. The lowest BCUT2D eigenvalue weighted by atomic mass is 9.91. The van der Waals surface area contributed by atoms with Crippen molar-refractivity contribution in [2.45, 2.75) is 33.1 Å². The van der Waals surface area contributed by atoms with Crippen molar-refractivity contribution >= 4 is 26.5 Å². The molecular weight excluding hydrogens is 358 g/mol. The summed E-state index contributed by atoms with van der Waals surface area (Å²) in [5, 5.41) is 0.908. The number of aromatic amines is 1. The number of nitrogens with one attached hydrogen (secondary N) is 1. The van der Waals surface area contributed by atoms with E-state index in [1.807, 2.05) is 62.4 Å². The van der Waals surface area contributed by atoms with E-state index in [-0.39, 0.29) is 23.2 Å². The first-order chi connectivity index (χ1) is 12.8. The van der Waals surface area contributed by atoms with Gasteiger partial charge in [-0.05, 0) is 30.9 Å². The molecule has 1 N–H and O–H groups in total. The van der Waals surface area contributed by atoms with Gasteiger partial charge >= 0.3 is 0 Å². The number of ketones is 1. The van der Waals surface area contributed by atoms with E-state index in [0.29, 0.717) is 17.5 Å². The third kappa shape index (κ3) is 3.98. The summed E-state index contributed by atoms with van der Waals surface area (Å²) in [7, 11) is -3.01. The molecule has 27 heavy (non-hydrogen) atoms. The van der Waals surface area contributed by atoms with Crippen LogP contribution in [-0.2, 0) is 9.84 Å². The number of fused-ring (bicyclic) bond motifs is 1. The molecule has 0 aliphatic carbocycles. The Labute approximate surface area is 160 Å². The van der Waals surface area contributed by atoms with Crippen LogP contribution in [0.1, 0.15) is 53.4 Å². The molecule has 0 aliphatic rings. The van der Waals surface area contributed by atoms with Crippen molar-refractivity contribution in [3.8, 4) is 0 Å². The van der Waals surface area contributed by atoms with Crippen LogP contribution in [0.2, 0.25) is 0 Å². The van der Waals surface area contributed by atoms with Gasteiger partial charge in [-0.2, -0.15) is 0 Å². The molecule has 1 atom stereocenters. The largest absolute Gasteiger partial charge is 0.358 e. The van der Waals surface area contributed by atoms with Crippen LogP contribution in [0.15, 0.2) is 48.5 Å². The van der Waals surface area contributed by atoms with Crippen LogP contribution < -0.4 is 0 Å². The van der Waals surface area contributed by atoms with Crippen molar-refractivity contribution < 1.29 is 13.2 Å². The number of rotatable bonds is 7. The fraction of sp³-hybridized carbons (Fsp3) is 0.318. The van der Waals surface area contributed by atoms with Crippen LogP contribution in [0, 0.1) is 6.92 Å². The monoisotopic (exact) mass is 383 g/mol. The van der Waals surface area contributed by atoms with Gasteiger partial charge in [0.05, 0.1) is 11.3 Å². The minimum atomic E-state index is -3.01. The second kappa shape index (κ2) is 7.69. The zero-order valence-electron chi connectivity index (χ0n) is 16.0. The summed E-state index contributed by atoms with van der Waals surface area (Å²) in [6, 6.07) is 15.2. The number of aryl methyl sites for hydroxylation is 1. The molecule has 0 amide bonds.